The maximum absolute atomic E-state index is 13.2. The van der Waals surface area contributed by atoms with Gasteiger partial charge in [0.1, 0.15) is 0 Å². The smallest absolute Gasteiger partial charge is 0.262 e. The third-order valence-corrected chi connectivity index (χ3v) is 7.21. The molecule has 0 N–H and O–H groups in total. The largest absolute Gasteiger partial charge is 0.344 e. The molecule has 0 saturated carbocycles. The van der Waals surface area contributed by atoms with Crippen LogP contribution in [0.5, 0.6) is 0 Å². The first-order valence-corrected chi connectivity index (χ1v) is 12.7. The van der Waals surface area contributed by atoms with E-state index in [9.17, 15) is 9.59 Å². The molecule has 0 spiro atoms. The second-order valence-electron chi connectivity index (χ2n) is 8.90. The van der Waals surface area contributed by atoms with Crippen LogP contribution in [-0.4, -0.2) is 25.7 Å². The van der Waals surface area contributed by atoms with Gasteiger partial charge < -0.3 is 4.57 Å². The zero-order valence-corrected chi connectivity index (χ0v) is 21.4. The number of carbonyl (C=O) groups excluding carboxylic acids is 1. The van der Waals surface area contributed by atoms with E-state index >= 15 is 0 Å². The minimum atomic E-state index is -0.0628. The summed E-state index contributed by atoms with van der Waals surface area (Å²) in [6, 6.07) is 17.0. The molecular weight excluding hydrogens is 466 g/mol. The van der Waals surface area contributed by atoms with Crippen LogP contribution in [0.1, 0.15) is 41.2 Å². The number of fused-ring (bicyclic) bond motifs is 1. The molecule has 2 heterocycles. The van der Waals surface area contributed by atoms with Gasteiger partial charge in [-0.05, 0) is 49.6 Å². The van der Waals surface area contributed by atoms with Gasteiger partial charge in [-0.3, -0.25) is 14.2 Å². The molecule has 0 saturated heterocycles. The topological polar surface area (TPSA) is 56.9 Å². The first-order chi connectivity index (χ1) is 16.3. The average Bonchev–Trinajstić information content (AvgIpc) is 3.09. The van der Waals surface area contributed by atoms with Crippen LogP contribution in [-0.2, 0) is 13.1 Å². The van der Waals surface area contributed by atoms with Crippen LogP contribution in [0.2, 0.25) is 5.02 Å². The normalized spacial score (nSPS) is 11.5. The maximum atomic E-state index is 13.2. The lowest BCUT2D eigenvalue weighted by Crippen LogP contribution is -2.25. The van der Waals surface area contributed by atoms with Crippen molar-refractivity contribution >= 4 is 40.0 Å². The minimum absolute atomic E-state index is 0.0158. The highest BCUT2D eigenvalue weighted by Crippen LogP contribution is 2.24. The molecule has 4 rings (SSSR count). The Morgan fingerprint density at radius 2 is 1.76 bits per heavy atom. The van der Waals surface area contributed by atoms with Gasteiger partial charge >= 0.3 is 0 Å². The average molecular weight is 494 g/mol. The molecule has 0 atom stereocenters. The fourth-order valence-corrected chi connectivity index (χ4v) is 5.20. The zero-order chi connectivity index (χ0) is 24.4. The highest BCUT2D eigenvalue weighted by molar-refractivity contribution is 7.99. The number of Topliss-reactive ketones (excluding diaryl/α,β-unsaturated/α-hetero) is 1. The fourth-order valence-electron chi connectivity index (χ4n) is 4.12. The highest BCUT2D eigenvalue weighted by Gasteiger charge is 2.19. The standard InChI is InChI=1S/C27H28ClN3O2S/c1-17(2)14-31-26(33)21-10-6-8-12-24(21)29-27(31)34-16-25(32)22-13-18(3)30(19(22)4)15-20-9-5-7-11-23(20)28/h5-13,17H,14-16H2,1-4H3. The fraction of sp³-hybridized carbons (Fsp3) is 0.296. The number of halogens is 1. The Morgan fingerprint density at radius 1 is 1.06 bits per heavy atom. The summed E-state index contributed by atoms with van der Waals surface area (Å²) in [4.78, 5) is 31.1. The van der Waals surface area contributed by atoms with Crippen LogP contribution in [0.15, 0.2) is 64.5 Å². The van der Waals surface area contributed by atoms with Gasteiger partial charge in [-0.1, -0.05) is 67.5 Å². The molecule has 2 aromatic heterocycles. The molecule has 2 aromatic carbocycles. The van der Waals surface area contributed by atoms with Gasteiger partial charge in [0.25, 0.3) is 5.56 Å². The molecule has 0 radical (unpaired) electrons. The van der Waals surface area contributed by atoms with Crippen LogP contribution < -0.4 is 5.56 Å². The van der Waals surface area contributed by atoms with Crippen LogP contribution in [0, 0.1) is 19.8 Å². The molecule has 34 heavy (non-hydrogen) atoms. The van der Waals surface area contributed by atoms with E-state index in [1.165, 1.54) is 11.8 Å². The van der Waals surface area contributed by atoms with Crippen LogP contribution in [0.25, 0.3) is 10.9 Å². The third-order valence-electron chi connectivity index (χ3n) is 5.87. The predicted octanol–water partition coefficient (Wildman–Crippen LogP) is 6.15. The number of hydrogen-bond acceptors (Lipinski definition) is 4. The van der Waals surface area contributed by atoms with Crippen LogP contribution in [0.4, 0.5) is 0 Å². The summed E-state index contributed by atoms with van der Waals surface area (Å²) in [7, 11) is 0. The molecule has 0 aliphatic carbocycles. The molecule has 0 aliphatic rings. The minimum Gasteiger partial charge on any atom is -0.344 e. The van der Waals surface area contributed by atoms with E-state index in [0.29, 0.717) is 39.7 Å². The molecule has 0 amide bonds. The van der Waals surface area contributed by atoms with Gasteiger partial charge in [-0.25, -0.2) is 4.98 Å². The van der Waals surface area contributed by atoms with Crippen molar-refractivity contribution in [1.29, 1.82) is 0 Å². The second kappa shape index (κ2) is 10.2. The van der Waals surface area contributed by atoms with E-state index in [1.807, 2.05) is 62.4 Å². The van der Waals surface area contributed by atoms with E-state index in [1.54, 1.807) is 10.6 Å². The number of thioether (sulfide) groups is 1. The monoisotopic (exact) mass is 493 g/mol. The number of rotatable bonds is 8. The number of aryl methyl sites for hydroxylation is 1. The summed E-state index contributed by atoms with van der Waals surface area (Å²) in [5.41, 5.74) is 4.21. The Bertz CT molecular complexity index is 1420. The van der Waals surface area contributed by atoms with Gasteiger partial charge in [0.15, 0.2) is 10.9 Å². The Kier molecular flexibility index (Phi) is 7.29. The Hall–Kier alpha value is -2.83. The number of benzene rings is 2. The van der Waals surface area contributed by atoms with Crippen LogP contribution >= 0.6 is 23.4 Å². The number of ketones is 1. The summed E-state index contributed by atoms with van der Waals surface area (Å²) in [6.45, 7) is 9.26. The molecule has 176 valence electrons. The van der Waals surface area contributed by atoms with Gasteiger partial charge in [0.2, 0.25) is 0 Å². The number of nitrogens with zero attached hydrogens (tertiary/aromatic N) is 3. The summed E-state index contributed by atoms with van der Waals surface area (Å²) in [5, 5.41) is 1.89. The molecule has 5 nitrogen and oxygen atoms in total. The van der Waals surface area contributed by atoms with E-state index in [4.69, 9.17) is 16.6 Å². The SMILES string of the molecule is Cc1cc(C(=O)CSc2nc3ccccc3c(=O)n2CC(C)C)c(C)n1Cc1ccccc1Cl. The van der Waals surface area contributed by atoms with Crippen molar-refractivity contribution in [3.05, 3.63) is 92.5 Å². The molecule has 0 bridgehead atoms. The van der Waals surface area contributed by atoms with E-state index in [2.05, 4.69) is 18.4 Å². The predicted molar refractivity (Wildman–Crippen MR) is 140 cm³/mol. The quantitative estimate of drug-likeness (QED) is 0.168. The van der Waals surface area contributed by atoms with Crippen molar-refractivity contribution in [1.82, 2.24) is 14.1 Å². The summed E-state index contributed by atoms with van der Waals surface area (Å²) in [5.74, 6) is 0.501. The number of carbonyl (C=O) groups is 1. The van der Waals surface area contributed by atoms with Crippen molar-refractivity contribution in [2.24, 2.45) is 5.92 Å². The molecular formula is C27H28ClN3O2S. The first kappa shape index (κ1) is 24.3. The molecule has 0 fully saturated rings. The molecule has 0 aliphatic heterocycles. The third kappa shape index (κ3) is 4.98. The Labute approximate surface area is 208 Å². The summed E-state index contributed by atoms with van der Waals surface area (Å²) >= 11 is 7.68. The lowest BCUT2D eigenvalue weighted by Gasteiger charge is -2.15. The number of para-hydroxylation sites is 1. The lowest BCUT2D eigenvalue weighted by atomic mass is 10.2. The number of aromatic nitrogens is 3. The van der Waals surface area contributed by atoms with E-state index in [-0.39, 0.29) is 23.0 Å². The zero-order valence-electron chi connectivity index (χ0n) is 19.8. The summed E-state index contributed by atoms with van der Waals surface area (Å²) < 4.78 is 3.81. The van der Waals surface area contributed by atoms with Crippen molar-refractivity contribution in [3.63, 3.8) is 0 Å². The molecule has 4 aromatic rings. The number of hydrogen-bond donors (Lipinski definition) is 0. The van der Waals surface area contributed by atoms with Crippen LogP contribution in [0.3, 0.4) is 0 Å². The van der Waals surface area contributed by atoms with Crippen molar-refractivity contribution in [2.75, 3.05) is 5.75 Å². The van der Waals surface area contributed by atoms with Crippen molar-refractivity contribution < 1.29 is 4.79 Å². The van der Waals surface area contributed by atoms with Gasteiger partial charge in [-0.15, -0.1) is 0 Å². The molecule has 7 heteroatoms. The van der Waals surface area contributed by atoms with Gasteiger partial charge in [-0.2, -0.15) is 0 Å². The highest BCUT2D eigenvalue weighted by atomic mass is 35.5. The van der Waals surface area contributed by atoms with Crippen molar-refractivity contribution in [3.8, 4) is 0 Å². The molecule has 0 unspecified atom stereocenters. The van der Waals surface area contributed by atoms with Gasteiger partial charge in [0, 0.05) is 35.1 Å². The Balaban J connectivity index is 1.60. The lowest BCUT2D eigenvalue weighted by molar-refractivity contribution is 0.102. The maximum Gasteiger partial charge on any atom is 0.262 e. The van der Waals surface area contributed by atoms with Gasteiger partial charge in [0.05, 0.1) is 16.7 Å². The van der Waals surface area contributed by atoms with E-state index in [0.717, 1.165) is 17.0 Å². The Morgan fingerprint density at radius 3 is 2.50 bits per heavy atom. The summed E-state index contributed by atoms with van der Waals surface area (Å²) in [6.07, 6.45) is 0. The van der Waals surface area contributed by atoms with E-state index < -0.39 is 0 Å². The second-order valence-corrected chi connectivity index (χ2v) is 10.2. The first-order valence-electron chi connectivity index (χ1n) is 11.3. The van der Waals surface area contributed by atoms with Crippen molar-refractivity contribution in [2.45, 2.75) is 45.9 Å².